The summed E-state index contributed by atoms with van der Waals surface area (Å²) in [6.07, 6.45) is 4.48. The summed E-state index contributed by atoms with van der Waals surface area (Å²) in [6.45, 7) is 5.31. The van der Waals surface area contributed by atoms with Crippen molar-refractivity contribution in [2.45, 2.75) is 57.7 Å². The van der Waals surface area contributed by atoms with Crippen LogP contribution in [0.3, 0.4) is 0 Å². The molecular weight excluding hydrogens is 264 g/mol. The Morgan fingerprint density at radius 1 is 1.33 bits per heavy atom. The van der Waals surface area contributed by atoms with E-state index in [9.17, 15) is 5.11 Å². The van der Waals surface area contributed by atoms with Gasteiger partial charge >= 0.3 is 0 Å². The van der Waals surface area contributed by atoms with Gasteiger partial charge in [-0.3, -0.25) is 4.90 Å². The third kappa shape index (κ3) is 3.69. The summed E-state index contributed by atoms with van der Waals surface area (Å²) in [4.78, 5) is 2.47. The Morgan fingerprint density at radius 3 is 2.57 bits per heavy atom. The molecular formula is C17H28N2O2. The van der Waals surface area contributed by atoms with Gasteiger partial charge < -0.3 is 15.6 Å². The molecule has 118 valence electrons. The first-order valence-electron chi connectivity index (χ1n) is 7.95. The first-order chi connectivity index (χ1) is 10.1. The van der Waals surface area contributed by atoms with Crippen LogP contribution in [-0.2, 0) is 0 Å². The number of hydrogen-bond donors (Lipinski definition) is 2. The van der Waals surface area contributed by atoms with Crippen molar-refractivity contribution in [3.8, 4) is 11.5 Å². The van der Waals surface area contributed by atoms with E-state index in [1.165, 1.54) is 0 Å². The Labute approximate surface area is 127 Å². The highest BCUT2D eigenvalue weighted by atomic mass is 16.5. The molecule has 1 aliphatic rings. The van der Waals surface area contributed by atoms with Crippen molar-refractivity contribution in [3.05, 3.63) is 23.8 Å². The topological polar surface area (TPSA) is 58.7 Å². The van der Waals surface area contributed by atoms with Gasteiger partial charge in [0.2, 0.25) is 0 Å². The second-order valence-corrected chi connectivity index (χ2v) is 6.00. The van der Waals surface area contributed by atoms with Gasteiger partial charge in [-0.1, -0.05) is 6.92 Å². The van der Waals surface area contributed by atoms with Crippen molar-refractivity contribution in [2.24, 2.45) is 5.73 Å². The number of phenolic OH excluding ortho intramolecular Hbond substituents is 1. The molecule has 0 saturated heterocycles. The summed E-state index contributed by atoms with van der Waals surface area (Å²) in [5.74, 6) is 1.13. The Morgan fingerprint density at radius 2 is 2.00 bits per heavy atom. The minimum absolute atomic E-state index is 0.171. The molecule has 1 atom stereocenters. The molecule has 1 unspecified atom stereocenters. The van der Waals surface area contributed by atoms with Gasteiger partial charge in [0.15, 0.2) is 0 Å². The standard InChI is InChI=1S/C17H28N2O2/c1-4-19(14-7-5-13(18)6-8-14)12(2)16-11-15(21-3)9-10-17(16)20/h9-14,20H,4-8,18H2,1-3H3. The maximum Gasteiger partial charge on any atom is 0.120 e. The second kappa shape index (κ2) is 7.14. The predicted octanol–water partition coefficient (Wildman–Crippen LogP) is 3.05. The average Bonchev–Trinajstić information content (AvgIpc) is 2.50. The second-order valence-electron chi connectivity index (χ2n) is 6.00. The van der Waals surface area contributed by atoms with Gasteiger partial charge in [0.1, 0.15) is 11.5 Å². The van der Waals surface area contributed by atoms with Crippen molar-refractivity contribution in [2.75, 3.05) is 13.7 Å². The summed E-state index contributed by atoms with van der Waals surface area (Å²) in [5.41, 5.74) is 6.95. The molecule has 1 fully saturated rings. The first kappa shape index (κ1) is 16.1. The Kier molecular flexibility index (Phi) is 5.48. The monoisotopic (exact) mass is 292 g/mol. The van der Waals surface area contributed by atoms with E-state index in [1.807, 2.05) is 6.07 Å². The molecule has 0 aliphatic heterocycles. The fourth-order valence-electron chi connectivity index (χ4n) is 3.45. The number of aromatic hydroxyl groups is 1. The highest BCUT2D eigenvalue weighted by Crippen LogP contribution is 2.35. The number of methoxy groups -OCH3 is 1. The van der Waals surface area contributed by atoms with Gasteiger partial charge in [-0.05, 0) is 57.4 Å². The van der Waals surface area contributed by atoms with Crippen molar-refractivity contribution < 1.29 is 9.84 Å². The molecule has 3 N–H and O–H groups in total. The number of phenols is 1. The van der Waals surface area contributed by atoms with Gasteiger partial charge in [-0.25, -0.2) is 0 Å². The molecule has 4 heteroatoms. The van der Waals surface area contributed by atoms with E-state index in [2.05, 4.69) is 18.7 Å². The van der Waals surface area contributed by atoms with Crippen molar-refractivity contribution in [3.63, 3.8) is 0 Å². The van der Waals surface area contributed by atoms with Gasteiger partial charge in [0.05, 0.1) is 7.11 Å². The van der Waals surface area contributed by atoms with E-state index in [4.69, 9.17) is 10.5 Å². The van der Waals surface area contributed by atoms with Crippen LogP contribution in [0.1, 0.15) is 51.1 Å². The third-order valence-corrected chi connectivity index (χ3v) is 4.76. The molecule has 0 bridgehead atoms. The molecule has 4 nitrogen and oxygen atoms in total. The van der Waals surface area contributed by atoms with E-state index < -0.39 is 0 Å². The highest BCUT2D eigenvalue weighted by Gasteiger charge is 2.28. The molecule has 1 aromatic rings. The Bertz CT molecular complexity index is 456. The summed E-state index contributed by atoms with van der Waals surface area (Å²) in [7, 11) is 1.65. The fourth-order valence-corrected chi connectivity index (χ4v) is 3.45. The van der Waals surface area contributed by atoms with Crippen LogP contribution in [0.5, 0.6) is 11.5 Å². The smallest absolute Gasteiger partial charge is 0.120 e. The molecule has 0 amide bonds. The molecule has 1 aromatic carbocycles. The van der Waals surface area contributed by atoms with Gasteiger partial charge in [0.25, 0.3) is 0 Å². The summed E-state index contributed by atoms with van der Waals surface area (Å²) in [6, 6.07) is 6.54. The van der Waals surface area contributed by atoms with E-state index in [0.717, 1.165) is 43.5 Å². The summed E-state index contributed by atoms with van der Waals surface area (Å²) in [5, 5.41) is 10.2. The van der Waals surface area contributed by atoms with Gasteiger partial charge in [-0.15, -0.1) is 0 Å². The van der Waals surface area contributed by atoms with Crippen LogP contribution in [0.4, 0.5) is 0 Å². The fraction of sp³-hybridized carbons (Fsp3) is 0.647. The largest absolute Gasteiger partial charge is 0.508 e. The summed E-state index contributed by atoms with van der Waals surface area (Å²) >= 11 is 0. The van der Waals surface area contributed by atoms with Crippen molar-refractivity contribution in [1.82, 2.24) is 4.90 Å². The zero-order chi connectivity index (χ0) is 15.4. The molecule has 2 rings (SSSR count). The highest BCUT2D eigenvalue weighted by molar-refractivity contribution is 5.41. The number of rotatable bonds is 5. The number of ether oxygens (including phenoxy) is 1. The summed E-state index contributed by atoms with van der Waals surface area (Å²) < 4.78 is 5.29. The molecule has 0 radical (unpaired) electrons. The molecule has 0 heterocycles. The molecule has 0 spiro atoms. The van der Waals surface area contributed by atoms with E-state index in [0.29, 0.717) is 17.8 Å². The van der Waals surface area contributed by atoms with E-state index in [1.54, 1.807) is 19.2 Å². The van der Waals surface area contributed by atoms with Crippen LogP contribution in [0.25, 0.3) is 0 Å². The Hall–Kier alpha value is -1.26. The van der Waals surface area contributed by atoms with Crippen LogP contribution in [-0.4, -0.2) is 35.7 Å². The lowest BCUT2D eigenvalue weighted by Crippen LogP contribution is -2.42. The van der Waals surface area contributed by atoms with E-state index in [-0.39, 0.29) is 6.04 Å². The zero-order valence-electron chi connectivity index (χ0n) is 13.4. The molecule has 1 saturated carbocycles. The lowest BCUT2D eigenvalue weighted by atomic mass is 9.89. The van der Waals surface area contributed by atoms with Crippen LogP contribution >= 0.6 is 0 Å². The SMILES string of the molecule is CCN(C1CCC(N)CC1)C(C)c1cc(OC)ccc1O. The molecule has 1 aliphatic carbocycles. The number of nitrogens with zero attached hydrogens (tertiary/aromatic N) is 1. The lowest BCUT2D eigenvalue weighted by molar-refractivity contribution is 0.113. The van der Waals surface area contributed by atoms with E-state index >= 15 is 0 Å². The van der Waals surface area contributed by atoms with Crippen molar-refractivity contribution in [1.29, 1.82) is 0 Å². The quantitative estimate of drug-likeness (QED) is 0.875. The lowest BCUT2D eigenvalue weighted by Gasteiger charge is -2.39. The molecule has 0 aromatic heterocycles. The predicted molar refractivity (Wildman–Crippen MR) is 85.7 cm³/mol. The maximum absolute atomic E-state index is 10.2. The normalized spacial score (nSPS) is 24.0. The third-order valence-electron chi connectivity index (χ3n) is 4.76. The maximum atomic E-state index is 10.2. The minimum Gasteiger partial charge on any atom is -0.508 e. The Balaban J connectivity index is 2.17. The van der Waals surface area contributed by atoms with Gasteiger partial charge in [0, 0.05) is 23.7 Å². The van der Waals surface area contributed by atoms with Crippen LogP contribution in [0.15, 0.2) is 18.2 Å². The van der Waals surface area contributed by atoms with Crippen LogP contribution < -0.4 is 10.5 Å². The van der Waals surface area contributed by atoms with Crippen molar-refractivity contribution >= 4 is 0 Å². The zero-order valence-corrected chi connectivity index (χ0v) is 13.4. The number of hydrogen-bond acceptors (Lipinski definition) is 4. The van der Waals surface area contributed by atoms with Crippen LogP contribution in [0, 0.1) is 0 Å². The van der Waals surface area contributed by atoms with Gasteiger partial charge in [-0.2, -0.15) is 0 Å². The number of nitrogens with two attached hydrogens (primary N) is 1. The van der Waals surface area contributed by atoms with Crippen LogP contribution in [0.2, 0.25) is 0 Å². The number of benzene rings is 1. The minimum atomic E-state index is 0.171. The first-order valence-corrected chi connectivity index (χ1v) is 7.95. The molecule has 21 heavy (non-hydrogen) atoms. The average molecular weight is 292 g/mol.